The van der Waals surface area contributed by atoms with Crippen LogP contribution in [0.4, 0.5) is 17.5 Å². The van der Waals surface area contributed by atoms with Gasteiger partial charge < -0.3 is 10.6 Å². The zero-order valence-electron chi connectivity index (χ0n) is 11.2. The fourth-order valence-corrected chi connectivity index (χ4v) is 1.46. The molecule has 0 aliphatic heterocycles. The summed E-state index contributed by atoms with van der Waals surface area (Å²) in [5, 5.41) is 6.14. The van der Waals surface area contributed by atoms with Crippen molar-refractivity contribution in [2.45, 2.75) is 13.8 Å². The molecule has 0 fully saturated rings. The third-order valence-electron chi connectivity index (χ3n) is 2.42. The zero-order valence-corrected chi connectivity index (χ0v) is 16.1. The molecule has 2 rings (SSSR count). The van der Waals surface area contributed by atoms with E-state index < -0.39 is 0 Å². The van der Waals surface area contributed by atoms with E-state index in [0.717, 1.165) is 17.1 Å². The standard InChI is InChI=1S/C13H15N4.Rb/c1-9-4-6-11(7-5-9)16-13-15-8-10(2)12(14-3)17-13;/h4-6,8H,1-3H3,(H2,14,15,16,17);/q-1;+1. The van der Waals surface area contributed by atoms with Crippen LogP contribution < -0.4 is 68.8 Å². The molecular weight excluding hydrogens is 298 g/mol. The Labute approximate surface area is 156 Å². The Balaban J connectivity index is 0.00000162. The maximum atomic E-state index is 4.36. The molecule has 0 radical (unpaired) electrons. The first-order valence-electron chi connectivity index (χ1n) is 5.46. The maximum Gasteiger partial charge on any atom is 1.00 e. The van der Waals surface area contributed by atoms with Crippen LogP contribution in [0.2, 0.25) is 0 Å². The number of anilines is 3. The van der Waals surface area contributed by atoms with Gasteiger partial charge >= 0.3 is 58.2 Å². The molecule has 18 heavy (non-hydrogen) atoms. The molecule has 0 atom stereocenters. The molecule has 0 bridgehead atoms. The summed E-state index contributed by atoms with van der Waals surface area (Å²) in [5.74, 6) is 1.40. The summed E-state index contributed by atoms with van der Waals surface area (Å²) in [6.45, 7) is 4.00. The summed E-state index contributed by atoms with van der Waals surface area (Å²) in [7, 11) is 1.84. The Hall–Kier alpha value is -0.295. The molecule has 1 heterocycles. The van der Waals surface area contributed by atoms with E-state index >= 15 is 0 Å². The average Bonchev–Trinajstić information content (AvgIpc) is 2.34. The monoisotopic (exact) mass is 312 g/mol. The average molecular weight is 313 g/mol. The number of nitrogens with zero attached hydrogens (tertiary/aromatic N) is 2. The minimum atomic E-state index is 0. The molecular formula is C13H15N4Rb. The van der Waals surface area contributed by atoms with Gasteiger partial charge in [0.2, 0.25) is 5.95 Å². The van der Waals surface area contributed by atoms with Crippen LogP contribution in [0.15, 0.2) is 24.4 Å². The quantitative estimate of drug-likeness (QED) is 0.763. The van der Waals surface area contributed by atoms with Crippen LogP contribution in [0.3, 0.4) is 0 Å². The van der Waals surface area contributed by atoms with E-state index in [0.29, 0.717) is 5.95 Å². The maximum absolute atomic E-state index is 4.36. The summed E-state index contributed by atoms with van der Waals surface area (Å²) in [6.07, 6.45) is 1.79. The molecule has 1 aromatic carbocycles. The normalized spacial score (nSPS) is 9.50. The number of aromatic nitrogens is 2. The SMILES string of the molecule is CNc1nc(Nc2[c-]cc(C)cc2)ncc1C.[Rb+]. The summed E-state index contributed by atoms with van der Waals surface area (Å²) in [4.78, 5) is 8.58. The van der Waals surface area contributed by atoms with Gasteiger partial charge in [-0.2, -0.15) is 28.7 Å². The molecule has 0 saturated carbocycles. The van der Waals surface area contributed by atoms with Crippen molar-refractivity contribution in [3.63, 3.8) is 0 Å². The number of rotatable bonds is 3. The second-order valence-electron chi connectivity index (χ2n) is 3.88. The van der Waals surface area contributed by atoms with Crippen LogP contribution >= 0.6 is 0 Å². The molecule has 5 heteroatoms. The smallest absolute Gasteiger partial charge is 0.373 e. The summed E-state index contributed by atoms with van der Waals surface area (Å²) in [5.41, 5.74) is 3.06. The van der Waals surface area contributed by atoms with Crippen LogP contribution in [0, 0.1) is 19.9 Å². The van der Waals surface area contributed by atoms with Gasteiger partial charge in [-0.05, 0) is 6.92 Å². The van der Waals surface area contributed by atoms with Crippen molar-refractivity contribution in [2.24, 2.45) is 0 Å². The van der Waals surface area contributed by atoms with Gasteiger partial charge in [-0.1, -0.05) is 12.6 Å². The van der Waals surface area contributed by atoms with Gasteiger partial charge in [-0.3, -0.25) is 0 Å². The third-order valence-corrected chi connectivity index (χ3v) is 2.42. The molecule has 0 amide bonds. The molecule has 0 unspecified atom stereocenters. The van der Waals surface area contributed by atoms with Crippen molar-refractivity contribution in [2.75, 3.05) is 17.7 Å². The first-order valence-corrected chi connectivity index (χ1v) is 5.46. The predicted molar refractivity (Wildman–Crippen MR) is 69.6 cm³/mol. The zero-order chi connectivity index (χ0) is 12.3. The van der Waals surface area contributed by atoms with Crippen molar-refractivity contribution in [3.05, 3.63) is 41.6 Å². The van der Waals surface area contributed by atoms with E-state index in [1.807, 2.05) is 39.1 Å². The number of hydrogen-bond donors (Lipinski definition) is 2. The Morgan fingerprint density at radius 3 is 2.61 bits per heavy atom. The molecule has 88 valence electrons. The van der Waals surface area contributed by atoms with E-state index in [9.17, 15) is 0 Å². The van der Waals surface area contributed by atoms with Crippen molar-refractivity contribution in [3.8, 4) is 0 Å². The van der Waals surface area contributed by atoms with Crippen molar-refractivity contribution in [1.29, 1.82) is 0 Å². The molecule has 0 aliphatic carbocycles. The van der Waals surface area contributed by atoms with Gasteiger partial charge in [0, 0.05) is 18.8 Å². The van der Waals surface area contributed by atoms with Gasteiger partial charge in [-0.25, -0.2) is 4.98 Å². The summed E-state index contributed by atoms with van der Waals surface area (Å²) >= 11 is 0. The van der Waals surface area contributed by atoms with Crippen molar-refractivity contribution >= 4 is 17.5 Å². The van der Waals surface area contributed by atoms with E-state index in [1.54, 1.807) is 6.20 Å². The van der Waals surface area contributed by atoms with Crippen LogP contribution in [-0.2, 0) is 0 Å². The van der Waals surface area contributed by atoms with Gasteiger partial charge in [0.1, 0.15) is 5.82 Å². The van der Waals surface area contributed by atoms with Gasteiger partial charge in [0.25, 0.3) is 0 Å². The minimum absolute atomic E-state index is 0. The molecule has 2 N–H and O–H groups in total. The molecule has 0 saturated heterocycles. The van der Waals surface area contributed by atoms with Crippen molar-refractivity contribution in [1.82, 2.24) is 9.97 Å². The molecule has 0 aliphatic rings. The molecule has 0 spiro atoms. The van der Waals surface area contributed by atoms with Crippen LogP contribution in [0.5, 0.6) is 0 Å². The number of aryl methyl sites for hydroxylation is 2. The first-order chi connectivity index (χ1) is 8.19. The molecule has 1 aromatic heterocycles. The van der Waals surface area contributed by atoms with Crippen LogP contribution in [-0.4, -0.2) is 17.0 Å². The summed E-state index contributed by atoms with van der Waals surface area (Å²) in [6, 6.07) is 9.03. The van der Waals surface area contributed by atoms with Gasteiger partial charge in [0.05, 0.1) is 0 Å². The largest absolute Gasteiger partial charge is 1.00 e. The Bertz CT molecular complexity index is 511. The molecule has 2 aromatic rings. The van der Waals surface area contributed by atoms with E-state index in [4.69, 9.17) is 0 Å². The first kappa shape index (κ1) is 15.8. The Morgan fingerprint density at radius 1 is 1.22 bits per heavy atom. The fourth-order valence-electron chi connectivity index (χ4n) is 1.46. The second kappa shape index (κ2) is 7.33. The van der Waals surface area contributed by atoms with Crippen LogP contribution in [0.25, 0.3) is 0 Å². The fraction of sp³-hybridized carbons (Fsp3) is 0.231. The van der Waals surface area contributed by atoms with E-state index in [1.165, 1.54) is 5.56 Å². The summed E-state index contributed by atoms with van der Waals surface area (Å²) < 4.78 is 0. The third kappa shape index (κ3) is 4.12. The van der Waals surface area contributed by atoms with E-state index in [-0.39, 0.29) is 58.2 Å². The molecule has 4 nitrogen and oxygen atoms in total. The predicted octanol–water partition coefficient (Wildman–Crippen LogP) is -0.317. The van der Waals surface area contributed by atoms with Crippen LogP contribution in [0.1, 0.15) is 11.1 Å². The Kier molecular flexibility index (Phi) is 6.42. The number of benzene rings is 1. The number of hydrogen-bond acceptors (Lipinski definition) is 4. The van der Waals surface area contributed by atoms with Crippen molar-refractivity contribution < 1.29 is 58.2 Å². The second-order valence-corrected chi connectivity index (χ2v) is 3.88. The minimum Gasteiger partial charge on any atom is -0.373 e. The van der Waals surface area contributed by atoms with Gasteiger partial charge in [0.15, 0.2) is 0 Å². The van der Waals surface area contributed by atoms with Gasteiger partial charge in [-0.15, -0.1) is 6.07 Å². The van der Waals surface area contributed by atoms with E-state index in [2.05, 4.69) is 26.7 Å². The Morgan fingerprint density at radius 2 is 2.00 bits per heavy atom. The topological polar surface area (TPSA) is 49.8 Å². The number of nitrogens with one attached hydrogen (secondary N) is 2.